The second kappa shape index (κ2) is 9.06. The van der Waals surface area contributed by atoms with Crippen molar-refractivity contribution in [3.63, 3.8) is 0 Å². The van der Waals surface area contributed by atoms with Gasteiger partial charge in [-0.1, -0.05) is 48.5 Å². The Kier molecular flexibility index (Phi) is 6.38. The number of nitrogens with zero attached hydrogens (tertiary/aromatic N) is 1. The first kappa shape index (κ1) is 22.5. The number of aryl methyl sites for hydroxylation is 1. The Balaban J connectivity index is 0.00000245. The van der Waals surface area contributed by atoms with Crippen LogP contribution in [-0.4, -0.2) is 23.7 Å². The summed E-state index contributed by atoms with van der Waals surface area (Å²) < 4.78 is 5.58. The minimum atomic E-state index is -1.61. The van der Waals surface area contributed by atoms with Crippen molar-refractivity contribution < 1.29 is 49.0 Å². The molecule has 0 spiro atoms. The van der Waals surface area contributed by atoms with Crippen LogP contribution in [0.2, 0.25) is 0 Å². The van der Waals surface area contributed by atoms with E-state index >= 15 is 0 Å². The van der Waals surface area contributed by atoms with E-state index in [4.69, 9.17) is 4.74 Å². The number of carbonyl (C=O) groups is 2. The first-order valence-electron chi connectivity index (χ1n) is 10.4. The molecule has 7 heteroatoms. The van der Waals surface area contributed by atoms with Crippen LogP contribution in [0.4, 0.5) is 4.79 Å². The Morgan fingerprint density at radius 1 is 1.06 bits per heavy atom. The molecular weight excluding hydrogens is 415 g/mol. The number of amides is 1. The molecule has 0 saturated heterocycles. The fourth-order valence-electron chi connectivity index (χ4n) is 4.92. The van der Waals surface area contributed by atoms with Crippen LogP contribution in [0.1, 0.15) is 41.0 Å². The number of fused-ring (bicyclic) bond motifs is 4. The summed E-state index contributed by atoms with van der Waals surface area (Å²) in [6, 6.07) is 17.7. The van der Waals surface area contributed by atoms with Crippen molar-refractivity contribution in [1.82, 2.24) is 10.3 Å². The minimum Gasteiger partial charge on any atom is -0.547 e. The third-order valence-electron chi connectivity index (χ3n) is 6.37. The summed E-state index contributed by atoms with van der Waals surface area (Å²) in [6.45, 7) is 0.117. The van der Waals surface area contributed by atoms with Gasteiger partial charge in [-0.3, -0.25) is 4.98 Å². The van der Waals surface area contributed by atoms with Gasteiger partial charge in [0.05, 0.1) is 5.97 Å². The standard InChI is InChI=1S/C25H22N2O4.Na/c28-23(29)25(12-5-6-16-14-26-13-11-22(16)25)27-24(30)31-15-21-19-9-3-1-7-17(19)18-8-2-4-10-20(18)21;/h1-4,7-11,13-14,21H,5-6,12,15H2,(H,27,30)(H,28,29);/q;+1/p-1. The molecule has 0 fully saturated rings. The maximum absolute atomic E-state index is 12.8. The molecule has 0 aliphatic heterocycles. The molecule has 32 heavy (non-hydrogen) atoms. The van der Waals surface area contributed by atoms with Crippen molar-refractivity contribution >= 4 is 12.1 Å². The molecule has 0 bridgehead atoms. The van der Waals surface area contributed by atoms with Crippen LogP contribution < -0.4 is 40.0 Å². The van der Waals surface area contributed by atoms with Crippen LogP contribution in [-0.2, 0) is 21.5 Å². The van der Waals surface area contributed by atoms with E-state index in [1.807, 2.05) is 36.4 Å². The number of carboxylic acids is 1. The summed E-state index contributed by atoms with van der Waals surface area (Å²) in [6.07, 6.45) is 3.97. The van der Waals surface area contributed by atoms with Crippen molar-refractivity contribution in [3.05, 3.63) is 89.2 Å². The molecule has 156 valence electrons. The molecule has 1 unspecified atom stereocenters. The van der Waals surface area contributed by atoms with Gasteiger partial charge in [0.15, 0.2) is 0 Å². The van der Waals surface area contributed by atoms with Crippen LogP contribution in [0.25, 0.3) is 11.1 Å². The zero-order valence-electron chi connectivity index (χ0n) is 17.8. The number of ether oxygens (including phenoxy) is 1. The SMILES string of the molecule is O=C(NC1(C(=O)[O-])CCCc2cnccc21)OCC1c2ccccc2-c2ccccc21.[Na+]. The summed E-state index contributed by atoms with van der Waals surface area (Å²) in [5, 5.41) is 14.8. The van der Waals surface area contributed by atoms with Gasteiger partial charge in [0.2, 0.25) is 0 Å². The molecule has 0 radical (unpaired) electrons. The van der Waals surface area contributed by atoms with Gasteiger partial charge in [-0.15, -0.1) is 0 Å². The molecule has 1 N–H and O–H groups in total. The number of benzene rings is 2. The van der Waals surface area contributed by atoms with Gasteiger partial charge in [-0.25, -0.2) is 4.79 Å². The van der Waals surface area contributed by atoms with Gasteiger partial charge in [0.25, 0.3) is 0 Å². The quantitative estimate of drug-likeness (QED) is 0.577. The number of aliphatic carboxylic acids is 1. The van der Waals surface area contributed by atoms with E-state index in [1.165, 1.54) is 6.20 Å². The average molecular weight is 436 g/mol. The Morgan fingerprint density at radius 2 is 1.72 bits per heavy atom. The minimum absolute atomic E-state index is 0. The Hall–Kier alpha value is -2.67. The maximum atomic E-state index is 12.8. The van der Waals surface area contributed by atoms with E-state index in [2.05, 4.69) is 22.4 Å². The smallest absolute Gasteiger partial charge is 0.547 e. The molecule has 2 aromatic carbocycles. The number of hydrogen-bond acceptors (Lipinski definition) is 5. The van der Waals surface area contributed by atoms with Gasteiger partial charge in [0.1, 0.15) is 12.1 Å². The molecule has 1 heterocycles. The van der Waals surface area contributed by atoms with Gasteiger partial charge < -0.3 is 20.0 Å². The molecule has 5 rings (SSSR count). The molecule has 2 aliphatic carbocycles. The second-order valence-corrected chi connectivity index (χ2v) is 8.03. The first-order valence-corrected chi connectivity index (χ1v) is 10.4. The predicted octanol–water partition coefficient (Wildman–Crippen LogP) is -0.0942. The van der Waals surface area contributed by atoms with E-state index in [1.54, 1.807) is 12.3 Å². The number of nitrogens with one attached hydrogen (secondary N) is 1. The zero-order chi connectivity index (χ0) is 21.4. The Labute approximate surface area is 208 Å². The molecule has 6 nitrogen and oxygen atoms in total. The molecule has 0 saturated carbocycles. The summed E-state index contributed by atoms with van der Waals surface area (Å²) in [5.41, 5.74) is 4.16. The first-order chi connectivity index (χ1) is 15.1. The number of rotatable bonds is 4. The van der Waals surface area contributed by atoms with Crippen molar-refractivity contribution in [3.8, 4) is 11.1 Å². The third kappa shape index (κ3) is 3.72. The van der Waals surface area contributed by atoms with E-state index in [-0.39, 0.29) is 48.5 Å². The van der Waals surface area contributed by atoms with Gasteiger partial charge >= 0.3 is 35.7 Å². The number of alkyl carbamates (subject to hydrolysis) is 1. The molecule has 1 aromatic heterocycles. The van der Waals surface area contributed by atoms with E-state index < -0.39 is 17.6 Å². The fraction of sp³-hybridized carbons (Fsp3) is 0.240. The molecular formula is C25H21N2NaO4. The summed E-state index contributed by atoms with van der Waals surface area (Å²) >= 11 is 0. The fourth-order valence-corrected chi connectivity index (χ4v) is 4.92. The third-order valence-corrected chi connectivity index (χ3v) is 6.37. The van der Waals surface area contributed by atoms with Crippen LogP contribution in [0, 0.1) is 0 Å². The van der Waals surface area contributed by atoms with Gasteiger partial charge in [-0.2, -0.15) is 0 Å². The van der Waals surface area contributed by atoms with E-state index in [9.17, 15) is 14.7 Å². The Bertz CT molecular complexity index is 1140. The van der Waals surface area contributed by atoms with Gasteiger partial charge in [0, 0.05) is 18.3 Å². The van der Waals surface area contributed by atoms with E-state index in [0.29, 0.717) is 18.4 Å². The number of pyridine rings is 1. The molecule has 1 amide bonds. The summed E-state index contributed by atoms with van der Waals surface area (Å²) in [7, 11) is 0. The predicted molar refractivity (Wildman–Crippen MR) is 112 cm³/mol. The number of carbonyl (C=O) groups excluding carboxylic acids is 2. The number of carboxylic acid groups (broad SMARTS) is 1. The number of aromatic nitrogens is 1. The molecule has 1 atom stereocenters. The van der Waals surface area contributed by atoms with Crippen LogP contribution in [0.15, 0.2) is 67.0 Å². The Morgan fingerprint density at radius 3 is 2.38 bits per heavy atom. The topological polar surface area (TPSA) is 91.4 Å². The summed E-state index contributed by atoms with van der Waals surface area (Å²) in [4.78, 5) is 29.0. The van der Waals surface area contributed by atoms with Crippen LogP contribution in [0.3, 0.4) is 0 Å². The zero-order valence-corrected chi connectivity index (χ0v) is 19.8. The number of hydrogen-bond donors (Lipinski definition) is 1. The van der Waals surface area contributed by atoms with Crippen LogP contribution in [0.5, 0.6) is 0 Å². The monoisotopic (exact) mass is 436 g/mol. The van der Waals surface area contributed by atoms with Gasteiger partial charge in [-0.05, 0) is 58.7 Å². The molecule has 2 aliphatic rings. The van der Waals surface area contributed by atoms with Crippen LogP contribution >= 0.6 is 0 Å². The van der Waals surface area contributed by atoms with Crippen molar-refractivity contribution in [2.75, 3.05) is 6.61 Å². The largest absolute Gasteiger partial charge is 1.00 e. The summed E-state index contributed by atoms with van der Waals surface area (Å²) in [5.74, 6) is -1.44. The van der Waals surface area contributed by atoms with Crippen molar-refractivity contribution in [1.29, 1.82) is 0 Å². The van der Waals surface area contributed by atoms with Crippen molar-refractivity contribution in [2.24, 2.45) is 0 Å². The maximum Gasteiger partial charge on any atom is 1.00 e. The molecule has 3 aromatic rings. The van der Waals surface area contributed by atoms with Crippen molar-refractivity contribution in [2.45, 2.75) is 30.7 Å². The second-order valence-electron chi connectivity index (χ2n) is 8.03. The normalized spacial score (nSPS) is 18.5. The average Bonchev–Trinajstić information content (AvgIpc) is 3.11. The van der Waals surface area contributed by atoms with E-state index in [0.717, 1.165) is 27.8 Å².